The van der Waals surface area contributed by atoms with Crippen molar-refractivity contribution in [1.82, 2.24) is 14.8 Å². The van der Waals surface area contributed by atoms with Gasteiger partial charge in [0, 0.05) is 32.0 Å². The maximum atomic E-state index is 12.3. The van der Waals surface area contributed by atoms with E-state index in [-0.39, 0.29) is 12.1 Å². The number of likely N-dealkylation sites (tertiary alicyclic amines) is 1. The van der Waals surface area contributed by atoms with E-state index in [2.05, 4.69) is 4.98 Å². The van der Waals surface area contributed by atoms with Crippen LogP contribution in [0, 0.1) is 0 Å². The van der Waals surface area contributed by atoms with Gasteiger partial charge in [0.2, 0.25) is 0 Å². The molecule has 0 radical (unpaired) electrons. The molecule has 0 N–H and O–H groups in total. The number of pyridine rings is 1. The van der Waals surface area contributed by atoms with Gasteiger partial charge in [-0.05, 0) is 38.8 Å². The highest BCUT2D eigenvalue weighted by atomic mass is 16.5. The standard InChI is InChI=1S/C15H23N3O2/c1-3-17(4-2)15(19)18-11-5-6-14(12-18)20-13-7-9-16-10-8-13/h7-10,14H,3-6,11-12H2,1-2H3. The Kier molecular flexibility index (Phi) is 5.21. The molecule has 0 aliphatic carbocycles. The molecule has 0 aromatic carbocycles. The van der Waals surface area contributed by atoms with Crippen LogP contribution in [-0.4, -0.2) is 53.1 Å². The fraction of sp³-hybridized carbons (Fsp3) is 0.600. The molecule has 2 rings (SSSR count). The Hall–Kier alpha value is -1.78. The highest BCUT2D eigenvalue weighted by molar-refractivity contribution is 5.74. The molecule has 1 unspecified atom stereocenters. The molecule has 5 nitrogen and oxygen atoms in total. The van der Waals surface area contributed by atoms with Gasteiger partial charge in [0.1, 0.15) is 11.9 Å². The molecule has 20 heavy (non-hydrogen) atoms. The zero-order chi connectivity index (χ0) is 14.4. The van der Waals surface area contributed by atoms with Crippen LogP contribution in [0.3, 0.4) is 0 Å². The van der Waals surface area contributed by atoms with Crippen LogP contribution in [0.1, 0.15) is 26.7 Å². The summed E-state index contributed by atoms with van der Waals surface area (Å²) in [5.74, 6) is 0.821. The molecule has 1 aromatic rings. The van der Waals surface area contributed by atoms with Crippen molar-refractivity contribution in [2.45, 2.75) is 32.8 Å². The predicted octanol–water partition coefficient (Wildman–Crippen LogP) is 2.39. The smallest absolute Gasteiger partial charge is 0.320 e. The van der Waals surface area contributed by atoms with Crippen molar-refractivity contribution in [3.05, 3.63) is 24.5 Å². The van der Waals surface area contributed by atoms with Gasteiger partial charge in [0.15, 0.2) is 0 Å². The normalized spacial score (nSPS) is 18.7. The lowest BCUT2D eigenvalue weighted by atomic mass is 10.1. The number of carbonyl (C=O) groups excluding carboxylic acids is 1. The molecule has 2 amide bonds. The Bertz CT molecular complexity index is 420. The van der Waals surface area contributed by atoms with Crippen molar-refractivity contribution >= 4 is 6.03 Å². The number of hydrogen-bond donors (Lipinski definition) is 0. The SMILES string of the molecule is CCN(CC)C(=O)N1CCCC(Oc2ccncc2)C1. The monoisotopic (exact) mass is 277 g/mol. The van der Waals surface area contributed by atoms with E-state index in [0.717, 1.165) is 38.2 Å². The summed E-state index contributed by atoms with van der Waals surface area (Å²) < 4.78 is 5.93. The highest BCUT2D eigenvalue weighted by Gasteiger charge is 2.27. The van der Waals surface area contributed by atoms with Crippen LogP contribution >= 0.6 is 0 Å². The second-order valence-corrected chi connectivity index (χ2v) is 4.97. The van der Waals surface area contributed by atoms with Gasteiger partial charge in [-0.2, -0.15) is 0 Å². The van der Waals surface area contributed by atoms with Crippen molar-refractivity contribution in [2.24, 2.45) is 0 Å². The Morgan fingerprint density at radius 1 is 1.40 bits per heavy atom. The molecule has 0 bridgehead atoms. The van der Waals surface area contributed by atoms with Gasteiger partial charge < -0.3 is 14.5 Å². The molecule has 1 aliphatic heterocycles. The van der Waals surface area contributed by atoms with E-state index in [1.807, 2.05) is 35.8 Å². The number of piperidine rings is 1. The van der Waals surface area contributed by atoms with E-state index in [0.29, 0.717) is 6.54 Å². The summed E-state index contributed by atoms with van der Waals surface area (Å²) in [6.45, 7) is 7.01. The van der Waals surface area contributed by atoms with Crippen molar-refractivity contribution in [2.75, 3.05) is 26.2 Å². The van der Waals surface area contributed by atoms with Crippen LogP contribution in [0.25, 0.3) is 0 Å². The minimum atomic E-state index is 0.0747. The molecular formula is C15H23N3O2. The second kappa shape index (κ2) is 7.12. The maximum Gasteiger partial charge on any atom is 0.320 e. The average Bonchev–Trinajstić information content (AvgIpc) is 2.49. The van der Waals surface area contributed by atoms with Crippen molar-refractivity contribution in [3.8, 4) is 5.75 Å². The van der Waals surface area contributed by atoms with Gasteiger partial charge in [0.25, 0.3) is 0 Å². The summed E-state index contributed by atoms with van der Waals surface area (Å²) in [6.07, 6.45) is 5.49. The Balaban J connectivity index is 1.93. The molecule has 1 atom stereocenters. The third kappa shape index (κ3) is 3.62. The molecule has 5 heteroatoms. The zero-order valence-electron chi connectivity index (χ0n) is 12.3. The number of urea groups is 1. The summed E-state index contributed by atoms with van der Waals surface area (Å²) in [5, 5.41) is 0. The minimum absolute atomic E-state index is 0.0747. The van der Waals surface area contributed by atoms with Gasteiger partial charge in [-0.15, -0.1) is 0 Å². The maximum absolute atomic E-state index is 12.3. The molecule has 0 saturated carbocycles. The van der Waals surface area contributed by atoms with Crippen molar-refractivity contribution < 1.29 is 9.53 Å². The van der Waals surface area contributed by atoms with Crippen LogP contribution in [0.2, 0.25) is 0 Å². The van der Waals surface area contributed by atoms with Crippen LogP contribution in [0.5, 0.6) is 5.75 Å². The van der Waals surface area contributed by atoms with Gasteiger partial charge in [0.05, 0.1) is 6.54 Å². The topological polar surface area (TPSA) is 45.7 Å². The molecular weight excluding hydrogens is 254 g/mol. The average molecular weight is 277 g/mol. The Morgan fingerprint density at radius 3 is 2.75 bits per heavy atom. The predicted molar refractivity (Wildman–Crippen MR) is 77.8 cm³/mol. The Labute approximate surface area is 120 Å². The second-order valence-electron chi connectivity index (χ2n) is 4.97. The van der Waals surface area contributed by atoms with Gasteiger partial charge >= 0.3 is 6.03 Å². The number of amides is 2. The fourth-order valence-corrected chi connectivity index (χ4v) is 2.51. The van der Waals surface area contributed by atoms with Crippen LogP contribution in [0.15, 0.2) is 24.5 Å². The molecule has 110 valence electrons. The first-order valence-corrected chi connectivity index (χ1v) is 7.35. The van der Waals surface area contributed by atoms with Crippen LogP contribution < -0.4 is 4.74 Å². The number of rotatable bonds is 4. The lowest BCUT2D eigenvalue weighted by Crippen LogP contribution is -2.50. The third-order valence-electron chi connectivity index (χ3n) is 3.64. The highest BCUT2D eigenvalue weighted by Crippen LogP contribution is 2.18. The van der Waals surface area contributed by atoms with Crippen LogP contribution in [-0.2, 0) is 0 Å². The lowest BCUT2D eigenvalue weighted by Gasteiger charge is -2.35. The first-order chi connectivity index (χ1) is 9.74. The van der Waals surface area contributed by atoms with E-state index in [4.69, 9.17) is 4.74 Å². The third-order valence-corrected chi connectivity index (χ3v) is 3.64. The van der Waals surface area contributed by atoms with Crippen molar-refractivity contribution in [3.63, 3.8) is 0 Å². The first kappa shape index (κ1) is 14.6. The molecule has 0 spiro atoms. The number of ether oxygens (including phenoxy) is 1. The van der Waals surface area contributed by atoms with Crippen LogP contribution in [0.4, 0.5) is 4.79 Å². The lowest BCUT2D eigenvalue weighted by molar-refractivity contribution is 0.0863. The number of hydrogen-bond acceptors (Lipinski definition) is 3. The molecule has 1 aliphatic rings. The molecule has 1 saturated heterocycles. The molecule has 1 aromatic heterocycles. The number of nitrogens with zero attached hydrogens (tertiary/aromatic N) is 3. The van der Waals surface area contributed by atoms with Crippen molar-refractivity contribution in [1.29, 1.82) is 0 Å². The summed E-state index contributed by atoms with van der Waals surface area (Å²) >= 11 is 0. The summed E-state index contributed by atoms with van der Waals surface area (Å²) in [6, 6.07) is 3.83. The largest absolute Gasteiger partial charge is 0.488 e. The molecule has 1 fully saturated rings. The first-order valence-electron chi connectivity index (χ1n) is 7.35. The van der Waals surface area contributed by atoms with E-state index in [1.54, 1.807) is 12.4 Å². The van der Waals surface area contributed by atoms with E-state index in [9.17, 15) is 4.79 Å². The number of aromatic nitrogens is 1. The number of carbonyl (C=O) groups is 1. The Morgan fingerprint density at radius 2 is 2.10 bits per heavy atom. The zero-order valence-corrected chi connectivity index (χ0v) is 12.3. The molecule has 2 heterocycles. The summed E-state index contributed by atoms with van der Waals surface area (Å²) in [7, 11) is 0. The van der Waals surface area contributed by atoms with E-state index in [1.165, 1.54) is 0 Å². The minimum Gasteiger partial charge on any atom is -0.488 e. The fourth-order valence-electron chi connectivity index (χ4n) is 2.51. The van der Waals surface area contributed by atoms with Gasteiger partial charge in [-0.1, -0.05) is 0 Å². The summed E-state index contributed by atoms with van der Waals surface area (Å²) in [4.78, 5) is 20.1. The summed E-state index contributed by atoms with van der Waals surface area (Å²) in [5.41, 5.74) is 0. The van der Waals surface area contributed by atoms with Gasteiger partial charge in [-0.3, -0.25) is 4.98 Å². The van der Waals surface area contributed by atoms with Gasteiger partial charge in [-0.25, -0.2) is 4.79 Å². The van der Waals surface area contributed by atoms with E-state index < -0.39 is 0 Å². The van der Waals surface area contributed by atoms with E-state index >= 15 is 0 Å². The quantitative estimate of drug-likeness (QED) is 0.849.